The van der Waals surface area contributed by atoms with E-state index in [0.717, 1.165) is 5.56 Å². The molecule has 1 N–H and O–H groups in total. The van der Waals surface area contributed by atoms with Gasteiger partial charge < -0.3 is 14.2 Å². The number of ether oxygens (including phenoxy) is 3. The van der Waals surface area contributed by atoms with Crippen molar-refractivity contribution in [1.82, 2.24) is 5.43 Å². The first-order valence-electron chi connectivity index (χ1n) is 13.4. The summed E-state index contributed by atoms with van der Waals surface area (Å²) in [6.45, 7) is 0.356. The average molecular weight is 605 g/mol. The highest BCUT2D eigenvalue weighted by molar-refractivity contribution is 6.30. The molecule has 0 heterocycles. The van der Waals surface area contributed by atoms with Crippen LogP contribution in [0, 0.1) is 0 Å². The molecule has 5 aromatic carbocycles. The highest BCUT2D eigenvalue weighted by Gasteiger charge is 2.15. The van der Waals surface area contributed by atoms with Gasteiger partial charge in [-0.15, -0.1) is 0 Å². The van der Waals surface area contributed by atoms with Crippen molar-refractivity contribution in [2.75, 3.05) is 0 Å². The Hall–Kier alpha value is -5.73. The van der Waals surface area contributed by atoms with E-state index in [-0.39, 0.29) is 11.5 Å². The maximum absolute atomic E-state index is 12.8. The molecule has 0 fully saturated rings. The number of rotatable bonds is 10. The molecule has 0 saturated heterocycles. The lowest BCUT2D eigenvalue weighted by molar-refractivity contribution is 0.0732. The fraction of sp³-hybridized carbons (Fsp3) is 0.0286. The molecule has 0 aliphatic carbocycles. The number of esters is 2. The van der Waals surface area contributed by atoms with Crippen molar-refractivity contribution in [3.05, 3.63) is 160 Å². The summed E-state index contributed by atoms with van der Waals surface area (Å²) in [5, 5.41) is 4.69. The molecule has 0 aliphatic rings. The van der Waals surface area contributed by atoms with Crippen molar-refractivity contribution in [1.29, 1.82) is 0 Å². The van der Waals surface area contributed by atoms with Gasteiger partial charge in [-0.1, -0.05) is 60.1 Å². The van der Waals surface area contributed by atoms with Crippen molar-refractivity contribution in [2.24, 2.45) is 5.10 Å². The lowest BCUT2D eigenvalue weighted by atomic mass is 10.2. The molecule has 0 spiro atoms. The third kappa shape index (κ3) is 8.18. The van der Waals surface area contributed by atoms with Crippen molar-refractivity contribution in [3.63, 3.8) is 0 Å². The molecule has 0 radical (unpaired) electrons. The second kappa shape index (κ2) is 14.4. The van der Waals surface area contributed by atoms with Gasteiger partial charge in [0, 0.05) is 22.2 Å². The van der Waals surface area contributed by atoms with Crippen molar-refractivity contribution >= 4 is 35.7 Å². The Bertz CT molecular complexity index is 1770. The normalized spacial score (nSPS) is 10.7. The van der Waals surface area contributed by atoms with Gasteiger partial charge in [0.2, 0.25) is 0 Å². The van der Waals surface area contributed by atoms with Crippen LogP contribution in [0.3, 0.4) is 0 Å². The summed E-state index contributed by atoms with van der Waals surface area (Å²) in [5.74, 6) is -0.804. The summed E-state index contributed by atoms with van der Waals surface area (Å²) in [4.78, 5) is 38.0. The molecule has 1 amide bonds. The van der Waals surface area contributed by atoms with Crippen LogP contribution in [-0.4, -0.2) is 24.1 Å². The standard InChI is InChI=1S/C35H25ClN2O6/c36-29-16-11-24(12-17-29)23-42-30-18-13-25(14-19-30)33(39)38-37-22-28-15-20-31(43-34(40)26-7-3-1-4-8-26)21-32(28)44-35(41)27-9-5-2-6-10-27/h1-22H,23H2,(H,38,39). The molecule has 9 heteroatoms. The number of nitrogens with zero attached hydrogens (tertiary/aromatic N) is 1. The summed E-state index contributed by atoms with van der Waals surface area (Å²) in [6.07, 6.45) is 1.33. The van der Waals surface area contributed by atoms with Crippen LogP contribution in [0.4, 0.5) is 0 Å². The van der Waals surface area contributed by atoms with Crippen LogP contribution < -0.4 is 19.6 Å². The number of halogens is 1. The second-order valence-electron chi connectivity index (χ2n) is 9.35. The smallest absolute Gasteiger partial charge is 0.343 e. The van der Waals surface area contributed by atoms with Gasteiger partial charge in [0.15, 0.2) is 0 Å². The maximum atomic E-state index is 12.8. The van der Waals surface area contributed by atoms with E-state index in [1.54, 1.807) is 103 Å². The van der Waals surface area contributed by atoms with Gasteiger partial charge in [-0.3, -0.25) is 4.79 Å². The highest BCUT2D eigenvalue weighted by atomic mass is 35.5. The molecular formula is C35H25ClN2O6. The van der Waals surface area contributed by atoms with Crippen LogP contribution in [0.1, 0.15) is 42.2 Å². The molecule has 0 saturated carbocycles. The third-order valence-corrected chi connectivity index (χ3v) is 6.47. The topological polar surface area (TPSA) is 103 Å². The Balaban J connectivity index is 1.26. The number of carbonyl (C=O) groups is 3. The zero-order chi connectivity index (χ0) is 30.7. The van der Waals surface area contributed by atoms with E-state index >= 15 is 0 Å². The van der Waals surface area contributed by atoms with E-state index in [0.29, 0.717) is 39.6 Å². The molecule has 0 aromatic heterocycles. The van der Waals surface area contributed by atoms with Gasteiger partial charge in [0.05, 0.1) is 17.3 Å². The van der Waals surface area contributed by atoms with Crippen LogP contribution in [0.5, 0.6) is 17.2 Å². The maximum Gasteiger partial charge on any atom is 0.343 e. The Labute approximate surface area is 258 Å². The Morgan fingerprint density at radius 3 is 1.89 bits per heavy atom. The number of carbonyl (C=O) groups excluding carboxylic acids is 3. The quantitative estimate of drug-likeness (QED) is 0.0788. The SMILES string of the molecule is O=C(NN=Cc1ccc(OC(=O)c2ccccc2)cc1OC(=O)c1ccccc1)c1ccc(OCc2ccc(Cl)cc2)cc1. The number of hydrazone groups is 1. The Morgan fingerprint density at radius 2 is 1.25 bits per heavy atom. The molecule has 44 heavy (non-hydrogen) atoms. The van der Waals surface area contributed by atoms with E-state index in [1.165, 1.54) is 18.3 Å². The number of hydrogen-bond donors (Lipinski definition) is 1. The molecule has 8 nitrogen and oxygen atoms in total. The van der Waals surface area contributed by atoms with Gasteiger partial charge in [0.1, 0.15) is 23.9 Å². The van der Waals surface area contributed by atoms with Crippen LogP contribution in [-0.2, 0) is 6.61 Å². The molecule has 5 aromatic rings. The van der Waals surface area contributed by atoms with Crippen LogP contribution >= 0.6 is 11.6 Å². The molecule has 0 bridgehead atoms. The number of amides is 1. The predicted octanol–water partition coefficient (Wildman–Crippen LogP) is 7.12. The van der Waals surface area contributed by atoms with E-state index in [4.69, 9.17) is 25.8 Å². The molecule has 0 unspecified atom stereocenters. The van der Waals surface area contributed by atoms with Crippen LogP contribution in [0.15, 0.2) is 132 Å². The molecular weight excluding hydrogens is 580 g/mol. The van der Waals surface area contributed by atoms with E-state index < -0.39 is 17.8 Å². The third-order valence-electron chi connectivity index (χ3n) is 6.22. The minimum absolute atomic E-state index is 0.0809. The van der Waals surface area contributed by atoms with Crippen LogP contribution in [0.2, 0.25) is 5.02 Å². The minimum atomic E-state index is -0.616. The Morgan fingerprint density at radius 1 is 0.659 bits per heavy atom. The lowest BCUT2D eigenvalue weighted by Gasteiger charge is -2.11. The van der Waals surface area contributed by atoms with Gasteiger partial charge >= 0.3 is 11.9 Å². The van der Waals surface area contributed by atoms with Crippen LogP contribution in [0.25, 0.3) is 0 Å². The number of hydrogen-bond acceptors (Lipinski definition) is 7. The minimum Gasteiger partial charge on any atom is -0.489 e. The first-order valence-corrected chi connectivity index (χ1v) is 13.8. The van der Waals surface area contributed by atoms with Gasteiger partial charge in [0.25, 0.3) is 5.91 Å². The van der Waals surface area contributed by atoms with E-state index in [1.807, 2.05) is 12.1 Å². The van der Waals surface area contributed by atoms with Gasteiger partial charge in [-0.05, 0) is 78.4 Å². The summed E-state index contributed by atoms with van der Waals surface area (Å²) in [6, 6.07) is 35.4. The number of nitrogens with one attached hydrogen (secondary N) is 1. The van der Waals surface area contributed by atoms with E-state index in [9.17, 15) is 14.4 Å². The number of benzene rings is 5. The second-order valence-corrected chi connectivity index (χ2v) is 9.79. The zero-order valence-corrected chi connectivity index (χ0v) is 23.9. The summed E-state index contributed by atoms with van der Waals surface area (Å²) < 4.78 is 16.9. The van der Waals surface area contributed by atoms with Gasteiger partial charge in [-0.25, -0.2) is 15.0 Å². The van der Waals surface area contributed by atoms with E-state index in [2.05, 4.69) is 10.5 Å². The monoisotopic (exact) mass is 604 g/mol. The summed E-state index contributed by atoms with van der Waals surface area (Å²) in [7, 11) is 0. The fourth-order valence-electron chi connectivity index (χ4n) is 3.92. The largest absolute Gasteiger partial charge is 0.489 e. The van der Waals surface area contributed by atoms with Crippen molar-refractivity contribution < 1.29 is 28.6 Å². The fourth-order valence-corrected chi connectivity index (χ4v) is 4.05. The highest BCUT2D eigenvalue weighted by Crippen LogP contribution is 2.26. The predicted molar refractivity (Wildman–Crippen MR) is 167 cm³/mol. The summed E-state index contributed by atoms with van der Waals surface area (Å²) in [5.41, 5.74) is 4.84. The first-order chi connectivity index (χ1) is 21.4. The van der Waals surface area contributed by atoms with Crippen molar-refractivity contribution in [3.8, 4) is 17.2 Å². The molecule has 0 atom stereocenters. The van der Waals surface area contributed by atoms with Crippen molar-refractivity contribution in [2.45, 2.75) is 6.61 Å². The average Bonchev–Trinajstić information content (AvgIpc) is 3.06. The lowest BCUT2D eigenvalue weighted by Crippen LogP contribution is -2.17. The molecule has 5 rings (SSSR count). The zero-order valence-electron chi connectivity index (χ0n) is 23.2. The Kier molecular flexibility index (Phi) is 9.76. The molecule has 0 aliphatic heterocycles. The first kappa shape index (κ1) is 29.8. The van der Waals surface area contributed by atoms with Gasteiger partial charge in [-0.2, -0.15) is 5.10 Å². The summed E-state index contributed by atoms with van der Waals surface area (Å²) >= 11 is 5.92. The molecule has 218 valence electrons.